The Kier molecular flexibility index (Phi) is 1.38. The van der Waals surface area contributed by atoms with Gasteiger partial charge in [-0.25, -0.2) is 0 Å². The number of piperidine rings is 1. The van der Waals surface area contributed by atoms with Crippen LogP contribution in [0.4, 0.5) is 0 Å². The molecule has 0 unspecified atom stereocenters. The summed E-state index contributed by atoms with van der Waals surface area (Å²) in [5.74, 6) is 0.854. The maximum absolute atomic E-state index is 10.9. The van der Waals surface area contributed by atoms with Gasteiger partial charge in [0.25, 0.3) is 0 Å². The van der Waals surface area contributed by atoms with E-state index in [-0.39, 0.29) is 5.91 Å². The second kappa shape index (κ2) is 2.23. The molecular formula is C7H12N2O. The van der Waals surface area contributed by atoms with Crippen molar-refractivity contribution in [3.8, 4) is 0 Å². The molecule has 2 fully saturated rings. The molecular weight excluding hydrogens is 128 g/mol. The van der Waals surface area contributed by atoms with Gasteiger partial charge >= 0.3 is 0 Å². The molecule has 3 heteroatoms. The molecule has 0 aromatic heterocycles. The fourth-order valence-corrected chi connectivity index (χ4v) is 1.83. The number of amides is 1. The number of rotatable bonds is 0. The topological polar surface area (TPSA) is 41.1 Å². The van der Waals surface area contributed by atoms with Gasteiger partial charge in [-0.3, -0.25) is 4.79 Å². The summed E-state index contributed by atoms with van der Waals surface area (Å²) in [6.07, 6.45) is 1.91. The molecule has 2 rings (SSSR count). The van der Waals surface area contributed by atoms with Gasteiger partial charge in [0.2, 0.25) is 5.91 Å². The minimum atomic E-state index is 0.235. The van der Waals surface area contributed by atoms with Gasteiger partial charge in [-0.15, -0.1) is 0 Å². The molecule has 0 bridgehead atoms. The molecule has 3 nitrogen and oxygen atoms in total. The molecule has 2 aliphatic rings. The molecule has 0 aromatic carbocycles. The van der Waals surface area contributed by atoms with Crippen LogP contribution in [-0.2, 0) is 4.79 Å². The van der Waals surface area contributed by atoms with Crippen LogP contribution in [0.15, 0.2) is 0 Å². The first kappa shape index (κ1) is 6.16. The Morgan fingerprint density at radius 3 is 3.20 bits per heavy atom. The van der Waals surface area contributed by atoms with Crippen molar-refractivity contribution in [1.29, 1.82) is 0 Å². The molecule has 2 aliphatic heterocycles. The maximum Gasteiger partial charge on any atom is 0.220 e. The average Bonchev–Trinajstić information content (AvgIpc) is 2.27. The van der Waals surface area contributed by atoms with Crippen molar-refractivity contribution in [2.75, 3.05) is 13.1 Å². The first-order valence-electron chi connectivity index (χ1n) is 3.86. The van der Waals surface area contributed by atoms with Crippen LogP contribution in [0.1, 0.15) is 12.8 Å². The third kappa shape index (κ3) is 0.904. The van der Waals surface area contributed by atoms with E-state index in [1.54, 1.807) is 0 Å². The van der Waals surface area contributed by atoms with Crippen LogP contribution in [0.3, 0.4) is 0 Å². The van der Waals surface area contributed by atoms with Crippen LogP contribution < -0.4 is 10.6 Å². The van der Waals surface area contributed by atoms with Crippen LogP contribution in [0.5, 0.6) is 0 Å². The summed E-state index contributed by atoms with van der Waals surface area (Å²) >= 11 is 0. The quantitative estimate of drug-likeness (QED) is 0.475. The summed E-state index contributed by atoms with van der Waals surface area (Å²) < 4.78 is 0. The zero-order valence-electron chi connectivity index (χ0n) is 5.89. The average molecular weight is 140 g/mol. The molecule has 0 radical (unpaired) electrons. The molecule has 2 saturated heterocycles. The highest BCUT2D eigenvalue weighted by atomic mass is 16.2. The van der Waals surface area contributed by atoms with Crippen molar-refractivity contribution in [1.82, 2.24) is 10.6 Å². The number of hydrogen-bond donors (Lipinski definition) is 2. The molecule has 2 N–H and O–H groups in total. The van der Waals surface area contributed by atoms with Gasteiger partial charge in [0.15, 0.2) is 0 Å². The van der Waals surface area contributed by atoms with Gasteiger partial charge in [0.05, 0.1) is 0 Å². The minimum Gasteiger partial charge on any atom is -0.352 e. The first-order valence-corrected chi connectivity index (χ1v) is 3.86. The number of nitrogens with one attached hydrogen (secondary N) is 2. The van der Waals surface area contributed by atoms with E-state index in [0.29, 0.717) is 12.0 Å². The van der Waals surface area contributed by atoms with Crippen molar-refractivity contribution in [2.24, 2.45) is 5.92 Å². The van der Waals surface area contributed by atoms with Crippen LogP contribution in [-0.4, -0.2) is 25.0 Å². The Hall–Kier alpha value is -0.570. The maximum atomic E-state index is 10.9. The fourth-order valence-electron chi connectivity index (χ4n) is 1.83. The Balaban J connectivity index is 2.04. The normalized spacial score (nSPS) is 39.0. The Bertz CT molecular complexity index is 142. The Labute approximate surface area is 60.2 Å². The summed E-state index contributed by atoms with van der Waals surface area (Å²) in [6, 6.07) is 0.432. The number of carbonyl (C=O) groups is 1. The fraction of sp³-hybridized carbons (Fsp3) is 0.857. The van der Waals surface area contributed by atoms with E-state index in [4.69, 9.17) is 0 Å². The van der Waals surface area contributed by atoms with Crippen molar-refractivity contribution < 1.29 is 4.79 Å². The molecule has 1 amide bonds. The van der Waals surface area contributed by atoms with Crippen LogP contribution in [0.25, 0.3) is 0 Å². The highest BCUT2D eigenvalue weighted by Gasteiger charge is 2.33. The number of fused-ring (bicyclic) bond motifs is 1. The zero-order chi connectivity index (χ0) is 6.97. The van der Waals surface area contributed by atoms with Crippen molar-refractivity contribution in [3.05, 3.63) is 0 Å². The van der Waals surface area contributed by atoms with E-state index in [0.717, 1.165) is 25.9 Å². The van der Waals surface area contributed by atoms with E-state index in [9.17, 15) is 4.79 Å². The second-order valence-corrected chi connectivity index (χ2v) is 3.13. The smallest absolute Gasteiger partial charge is 0.220 e. The predicted molar refractivity (Wildman–Crippen MR) is 37.5 cm³/mol. The van der Waals surface area contributed by atoms with E-state index >= 15 is 0 Å². The summed E-state index contributed by atoms with van der Waals surface area (Å²) in [4.78, 5) is 10.9. The van der Waals surface area contributed by atoms with E-state index in [2.05, 4.69) is 10.6 Å². The highest BCUT2D eigenvalue weighted by molar-refractivity contribution is 5.79. The lowest BCUT2D eigenvalue weighted by Gasteiger charge is -2.24. The third-order valence-electron chi connectivity index (χ3n) is 2.42. The molecule has 0 saturated carbocycles. The van der Waals surface area contributed by atoms with Gasteiger partial charge in [-0.2, -0.15) is 0 Å². The van der Waals surface area contributed by atoms with Gasteiger partial charge in [0, 0.05) is 19.0 Å². The standard InChI is InChI=1S/C7H12N2O/c10-7-3-5-1-2-8-4-6(5)9-7/h5-6,8H,1-4H2,(H,9,10)/t5-,6-/m0/s1. The molecule has 0 aliphatic carbocycles. The van der Waals surface area contributed by atoms with Crippen molar-refractivity contribution >= 4 is 5.91 Å². The molecule has 0 aromatic rings. The van der Waals surface area contributed by atoms with Crippen LogP contribution in [0, 0.1) is 5.92 Å². The number of carbonyl (C=O) groups excluding carboxylic acids is 1. The van der Waals surface area contributed by atoms with Gasteiger partial charge in [-0.1, -0.05) is 0 Å². The predicted octanol–water partition coefficient (Wildman–Crippen LogP) is -0.516. The minimum absolute atomic E-state index is 0.235. The van der Waals surface area contributed by atoms with Crippen molar-refractivity contribution in [3.63, 3.8) is 0 Å². The lowest BCUT2D eigenvalue weighted by molar-refractivity contribution is -0.119. The molecule has 2 heterocycles. The van der Waals surface area contributed by atoms with Crippen molar-refractivity contribution in [2.45, 2.75) is 18.9 Å². The SMILES string of the molecule is O=C1C[C@@H]2CCNC[C@@H]2N1. The summed E-state index contributed by atoms with van der Waals surface area (Å²) in [7, 11) is 0. The summed E-state index contributed by atoms with van der Waals surface area (Å²) in [6.45, 7) is 2.05. The van der Waals surface area contributed by atoms with E-state index in [1.165, 1.54) is 0 Å². The third-order valence-corrected chi connectivity index (χ3v) is 2.42. The zero-order valence-corrected chi connectivity index (χ0v) is 5.89. The Morgan fingerprint density at radius 2 is 2.40 bits per heavy atom. The molecule has 2 atom stereocenters. The second-order valence-electron chi connectivity index (χ2n) is 3.13. The molecule has 0 spiro atoms. The highest BCUT2D eigenvalue weighted by Crippen LogP contribution is 2.21. The first-order chi connectivity index (χ1) is 4.86. The van der Waals surface area contributed by atoms with Gasteiger partial charge in [-0.05, 0) is 18.9 Å². The van der Waals surface area contributed by atoms with Crippen LogP contribution >= 0.6 is 0 Å². The lowest BCUT2D eigenvalue weighted by Crippen LogP contribution is -2.44. The lowest BCUT2D eigenvalue weighted by atomic mass is 9.94. The van der Waals surface area contributed by atoms with Gasteiger partial charge < -0.3 is 10.6 Å². The largest absolute Gasteiger partial charge is 0.352 e. The Morgan fingerprint density at radius 1 is 1.50 bits per heavy atom. The monoisotopic (exact) mass is 140 g/mol. The van der Waals surface area contributed by atoms with Gasteiger partial charge in [0.1, 0.15) is 0 Å². The summed E-state index contributed by atoms with van der Waals surface area (Å²) in [5, 5.41) is 6.22. The van der Waals surface area contributed by atoms with E-state index < -0.39 is 0 Å². The molecule has 10 heavy (non-hydrogen) atoms. The molecule has 56 valence electrons. The van der Waals surface area contributed by atoms with Crippen LogP contribution in [0.2, 0.25) is 0 Å². The van der Waals surface area contributed by atoms with E-state index in [1.807, 2.05) is 0 Å². The number of hydrogen-bond acceptors (Lipinski definition) is 2. The summed E-state index contributed by atoms with van der Waals surface area (Å²) in [5.41, 5.74) is 0.